The maximum absolute atomic E-state index is 5.84. The van der Waals surface area contributed by atoms with Gasteiger partial charge in [0.1, 0.15) is 0 Å². The van der Waals surface area contributed by atoms with E-state index in [9.17, 15) is 0 Å². The zero-order valence-electron chi connectivity index (χ0n) is 11.9. The van der Waals surface area contributed by atoms with E-state index in [-0.39, 0.29) is 0 Å². The fraction of sp³-hybridized carbons (Fsp3) is 0.786. The highest BCUT2D eigenvalue weighted by molar-refractivity contribution is 5.01. The minimum Gasteiger partial charge on any atom is -0.330 e. The molecule has 1 aliphatic rings. The van der Waals surface area contributed by atoms with Crippen LogP contribution in [-0.2, 0) is 6.54 Å². The van der Waals surface area contributed by atoms with E-state index in [1.807, 2.05) is 0 Å². The fourth-order valence-electron chi connectivity index (χ4n) is 2.55. The molecule has 0 spiro atoms. The predicted octanol–water partition coefficient (Wildman–Crippen LogP) is 2.02. The van der Waals surface area contributed by atoms with Crippen LogP contribution in [0.2, 0.25) is 0 Å². The first-order valence-electron chi connectivity index (χ1n) is 7.03. The second-order valence-electron chi connectivity index (χ2n) is 6.02. The maximum atomic E-state index is 5.84. The Balaban J connectivity index is 1.93. The van der Waals surface area contributed by atoms with Crippen molar-refractivity contribution >= 4 is 0 Å². The molecule has 18 heavy (non-hydrogen) atoms. The summed E-state index contributed by atoms with van der Waals surface area (Å²) < 4.78 is 2.08. The van der Waals surface area contributed by atoms with Gasteiger partial charge in [0.05, 0.1) is 5.69 Å². The van der Waals surface area contributed by atoms with E-state index in [1.165, 1.54) is 12.1 Å². The van der Waals surface area contributed by atoms with Gasteiger partial charge in [0.25, 0.3) is 0 Å². The average Bonchev–Trinajstić information content (AvgIpc) is 2.97. The van der Waals surface area contributed by atoms with Gasteiger partial charge in [-0.15, -0.1) is 0 Å². The molecule has 0 aromatic carbocycles. The molecule has 2 heterocycles. The third-order valence-electron chi connectivity index (χ3n) is 4.22. The lowest BCUT2D eigenvalue weighted by Crippen LogP contribution is -2.31. The molecule has 0 aliphatic carbocycles. The number of nitrogens with two attached hydrogens (primary N) is 1. The van der Waals surface area contributed by atoms with Crippen molar-refractivity contribution < 1.29 is 0 Å². The Kier molecular flexibility index (Phi) is 4.07. The zero-order chi connectivity index (χ0) is 13.2. The van der Waals surface area contributed by atoms with Crippen molar-refractivity contribution in [2.75, 3.05) is 19.6 Å². The molecule has 1 saturated heterocycles. The smallest absolute Gasteiger partial charge is 0.0764 e. The summed E-state index contributed by atoms with van der Waals surface area (Å²) in [6, 6.07) is 2.64. The molecule has 102 valence electrons. The molecule has 0 saturated carbocycles. The summed E-state index contributed by atoms with van der Waals surface area (Å²) in [6.45, 7) is 10.7. The second kappa shape index (κ2) is 5.41. The molecule has 4 nitrogen and oxygen atoms in total. The third-order valence-corrected chi connectivity index (χ3v) is 4.22. The van der Waals surface area contributed by atoms with Crippen LogP contribution in [0.4, 0.5) is 0 Å². The number of hydrogen-bond donors (Lipinski definition) is 1. The summed E-state index contributed by atoms with van der Waals surface area (Å²) >= 11 is 0. The van der Waals surface area contributed by atoms with E-state index in [0.717, 1.165) is 32.6 Å². The second-order valence-corrected chi connectivity index (χ2v) is 6.02. The summed E-state index contributed by atoms with van der Waals surface area (Å²) in [6.07, 6.45) is 4.42. The topological polar surface area (TPSA) is 47.1 Å². The van der Waals surface area contributed by atoms with Gasteiger partial charge >= 0.3 is 0 Å². The molecule has 1 aromatic rings. The molecule has 2 unspecified atom stereocenters. The Morgan fingerprint density at radius 3 is 2.94 bits per heavy atom. The first kappa shape index (κ1) is 13.6. The Morgan fingerprint density at radius 1 is 1.56 bits per heavy atom. The van der Waals surface area contributed by atoms with E-state index < -0.39 is 0 Å². The molecule has 1 aromatic heterocycles. The minimum atomic E-state index is 0.305. The van der Waals surface area contributed by atoms with Gasteiger partial charge in [-0.2, -0.15) is 5.10 Å². The van der Waals surface area contributed by atoms with Crippen LogP contribution in [0.3, 0.4) is 0 Å². The Hall–Kier alpha value is -0.870. The van der Waals surface area contributed by atoms with Gasteiger partial charge in [-0.1, -0.05) is 13.8 Å². The molecule has 0 amide bonds. The van der Waals surface area contributed by atoms with Crippen molar-refractivity contribution in [2.24, 2.45) is 11.1 Å². The lowest BCUT2D eigenvalue weighted by molar-refractivity contribution is 0.270. The molecule has 1 aliphatic heterocycles. The first-order valence-corrected chi connectivity index (χ1v) is 7.03. The zero-order valence-corrected chi connectivity index (χ0v) is 11.9. The molecule has 0 bridgehead atoms. The van der Waals surface area contributed by atoms with Gasteiger partial charge in [0.2, 0.25) is 0 Å². The van der Waals surface area contributed by atoms with E-state index in [0.29, 0.717) is 11.5 Å². The lowest BCUT2D eigenvalue weighted by atomic mass is 9.90. The number of hydrogen-bond acceptors (Lipinski definition) is 3. The van der Waals surface area contributed by atoms with Crippen LogP contribution in [0.25, 0.3) is 0 Å². The van der Waals surface area contributed by atoms with Crippen molar-refractivity contribution in [3.63, 3.8) is 0 Å². The highest BCUT2D eigenvalue weighted by Gasteiger charge is 2.32. The molecule has 2 N–H and O–H groups in total. The van der Waals surface area contributed by atoms with Crippen LogP contribution in [0, 0.1) is 5.41 Å². The fourth-order valence-corrected chi connectivity index (χ4v) is 2.55. The van der Waals surface area contributed by atoms with Gasteiger partial charge in [0.15, 0.2) is 0 Å². The number of likely N-dealkylation sites (tertiary alicyclic amines) is 1. The van der Waals surface area contributed by atoms with Crippen molar-refractivity contribution in [3.8, 4) is 0 Å². The largest absolute Gasteiger partial charge is 0.330 e. The summed E-state index contributed by atoms with van der Waals surface area (Å²) in [7, 11) is 0. The molecule has 2 atom stereocenters. The van der Waals surface area contributed by atoms with Crippen molar-refractivity contribution in [1.29, 1.82) is 0 Å². The monoisotopic (exact) mass is 250 g/mol. The Labute approximate surface area is 110 Å². The lowest BCUT2D eigenvalue weighted by Gasteiger charge is -2.22. The van der Waals surface area contributed by atoms with Crippen LogP contribution < -0.4 is 5.73 Å². The summed E-state index contributed by atoms with van der Waals surface area (Å²) in [5, 5.41) is 4.66. The van der Waals surface area contributed by atoms with Crippen LogP contribution in [-0.4, -0.2) is 34.3 Å². The standard InChI is InChI=1S/C14H26N4/c1-4-12(2)18-7-5-13(16-18)9-17-8-6-14(3,10-15)11-17/h5,7,12H,4,6,8-11,15H2,1-3H3. The van der Waals surface area contributed by atoms with E-state index in [1.54, 1.807) is 0 Å². The highest BCUT2D eigenvalue weighted by Crippen LogP contribution is 2.29. The number of aromatic nitrogens is 2. The Bertz CT molecular complexity index is 387. The van der Waals surface area contributed by atoms with Gasteiger partial charge < -0.3 is 5.73 Å². The molecule has 4 heteroatoms. The van der Waals surface area contributed by atoms with Crippen LogP contribution in [0.1, 0.15) is 45.3 Å². The molecule has 0 radical (unpaired) electrons. The predicted molar refractivity (Wildman–Crippen MR) is 74.3 cm³/mol. The summed E-state index contributed by atoms with van der Waals surface area (Å²) in [5.41, 5.74) is 7.32. The maximum Gasteiger partial charge on any atom is 0.0764 e. The van der Waals surface area contributed by atoms with E-state index in [4.69, 9.17) is 5.73 Å². The van der Waals surface area contributed by atoms with E-state index in [2.05, 4.69) is 47.7 Å². The summed E-state index contributed by atoms with van der Waals surface area (Å²) in [4.78, 5) is 2.47. The van der Waals surface area contributed by atoms with Crippen molar-refractivity contribution in [2.45, 2.75) is 46.2 Å². The van der Waals surface area contributed by atoms with E-state index >= 15 is 0 Å². The highest BCUT2D eigenvalue weighted by atomic mass is 15.3. The molecule has 2 rings (SSSR count). The number of nitrogens with zero attached hydrogens (tertiary/aromatic N) is 3. The van der Waals surface area contributed by atoms with Crippen LogP contribution >= 0.6 is 0 Å². The van der Waals surface area contributed by atoms with Crippen LogP contribution in [0.15, 0.2) is 12.3 Å². The van der Waals surface area contributed by atoms with Gasteiger partial charge in [-0.3, -0.25) is 9.58 Å². The van der Waals surface area contributed by atoms with Gasteiger partial charge in [-0.05, 0) is 44.3 Å². The van der Waals surface area contributed by atoms with Gasteiger partial charge in [-0.25, -0.2) is 0 Å². The van der Waals surface area contributed by atoms with Gasteiger partial charge in [0, 0.05) is 25.3 Å². The SMILES string of the molecule is CCC(C)n1ccc(CN2CCC(C)(CN)C2)n1. The molecule has 1 fully saturated rings. The normalized spacial score (nSPS) is 26.7. The third kappa shape index (κ3) is 2.93. The Morgan fingerprint density at radius 2 is 2.33 bits per heavy atom. The van der Waals surface area contributed by atoms with Crippen molar-refractivity contribution in [1.82, 2.24) is 14.7 Å². The van der Waals surface area contributed by atoms with Crippen LogP contribution in [0.5, 0.6) is 0 Å². The first-order chi connectivity index (χ1) is 8.56. The minimum absolute atomic E-state index is 0.305. The molecular formula is C14H26N4. The average molecular weight is 250 g/mol. The summed E-state index contributed by atoms with van der Waals surface area (Å²) in [5.74, 6) is 0. The quantitative estimate of drug-likeness (QED) is 0.869. The number of rotatable bonds is 5. The van der Waals surface area contributed by atoms with Crippen molar-refractivity contribution in [3.05, 3.63) is 18.0 Å². The molecular weight excluding hydrogens is 224 g/mol.